The lowest BCUT2D eigenvalue weighted by Gasteiger charge is -2.13. The third kappa shape index (κ3) is 8.84. The van der Waals surface area contributed by atoms with Crippen molar-refractivity contribution >= 4 is 11.9 Å². The molecule has 5 nitrogen and oxygen atoms in total. The number of carbonyl (C=O) groups excluding carboxylic acids is 1. The van der Waals surface area contributed by atoms with Crippen molar-refractivity contribution in [2.75, 3.05) is 26.7 Å². The van der Waals surface area contributed by atoms with E-state index < -0.39 is 0 Å². The molecule has 0 atom stereocenters. The van der Waals surface area contributed by atoms with Gasteiger partial charge in [0.15, 0.2) is 5.96 Å². The first kappa shape index (κ1) is 16.7. The predicted octanol–water partition coefficient (Wildman–Crippen LogP) is 0.970. The number of carbonyl (C=O) groups is 1. The summed E-state index contributed by atoms with van der Waals surface area (Å²) in [6, 6.07) is 0. The molecule has 1 amide bonds. The average molecular weight is 256 g/mol. The van der Waals surface area contributed by atoms with Gasteiger partial charge in [0.1, 0.15) is 0 Å². The maximum atomic E-state index is 11.3. The Bertz CT molecular complexity index is 262. The molecule has 5 heteroatoms. The normalized spacial score (nSPS) is 11.8. The Morgan fingerprint density at radius 1 is 1.00 bits per heavy atom. The van der Waals surface area contributed by atoms with E-state index in [-0.39, 0.29) is 11.8 Å². The molecule has 0 aromatic carbocycles. The van der Waals surface area contributed by atoms with E-state index >= 15 is 0 Å². The summed E-state index contributed by atoms with van der Waals surface area (Å²) >= 11 is 0. The van der Waals surface area contributed by atoms with Gasteiger partial charge in [-0.3, -0.25) is 9.79 Å². The van der Waals surface area contributed by atoms with Gasteiger partial charge in [0.05, 0.1) is 0 Å². The second kappa shape index (κ2) is 9.74. The van der Waals surface area contributed by atoms with Crippen molar-refractivity contribution in [2.24, 2.45) is 16.8 Å². The summed E-state index contributed by atoms with van der Waals surface area (Å²) in [5.74, 6) is 1.59. The Morgan fingerprint density at radius 2 is 1.56 bits per heavy atom. The first-order valence-corrected chi connectivity index (χ1v) is 6.69. The minimum Gasteiger partial charge on any atom is -0.356 e. The molecule has 0 spiro atoms. The number of guanidine groups is 1. The highest BCUT2D eigenvalue weighted by molar-refractivity contribution is 5.80. The molecule has 0 rings (SSSR count). The van der Waals surface area contributed by atoms with E-state index in [1.807, 2.05) is 13.8 Å². The van der Waals surface area contributed by atoms with Gasteiger partial charge < -0.3 is 16.0 Å². The molecule has 0 aromatic heterocycles. The van der Waals surface area contributed by atoms with Crippen LogP contribution in [0.1, 0.15) is 34.1 Å². The molecule has 0 bridgehead atoms. The van der Waals surface area contributed by atoms with Crippen molar-refractivity contribution in [1.29, 1.82) is 0 Å². The Balaban J connectivity index is 3.66. The van der Waals surface area contributed by atoms with E-state index in [0.717, 1.165) is 18.9 Å². The van der Waals surface area contributed by atoms with Crippen LogP contribution in [0.15, 0.2) is 4.99 Å². The van der Waals surface area contributed by atoms with Crippen LogP contribution in [-0.4, -0.2) is 38.5 Å². The topological polar surface area (TPSA) is 65.5 Å². The summed E-state index contributed by atoms with van der Waals surface area (Å²) in [5.41, 5.74) is 0. The summed E-state index contributed by atoms with van der Waals surface area (Å²) in [4.78, 5) is 15.4. The second-order valence-electron chi connectivity index (χ2n) is 5.05. The van der Waals surface area contributed by atoms with Gasteiger partial charge in [0, 0.05) is 32.6 Å². The smallest absolute Gasteiger partial charge is 0.222 e. The molecule has 0 unspecified atom stereocenters. The highest BCUT2D eigenvalue weighted by Gasteiger charge is 2.05. The SMILES string of the molecule is CN=C(NCCNC(=O)C(C)C)NCCC(C)C. The fourth-order valence-corrected chi connectivity index (χ4v) is 1.27. The number of nitrogens with zero attached hydrogens (tertiary/aromatic N) is 1. The highest BCUT2D eigenvalue weighted by Crippen LogP contribution is 1.95. The monoisotopic (exact) mass is 256 g/mol. The fraction of sp³-hybridized carbons (Fsp3) is 0.846. The van der Waals surface area contributed by atoms with Gasteiger partial charge in [0.2, 0.25) is 5.91 Å². The van der Waals surface area contributed by atoms with Gasteiger partial charge >= 0.3 is 0 Å². The zero-order valence-electron chi connectivity index (χ0n) is 12.3. The van der Waals surface area contributed by atoms with Crippen molar-refractivity contribution in [3.05, 3.63) is 0 Å². The van der Waals surface area contributed by atoms with Crippen LogP contribution in [-0.2, 0) is 4.79 Å². The Morgan fingerprint density at radius 3 is 2.06 bits per heavy atom. The minimum atomic E-state index is 0.0356. The molecule has 0 saturated carbocycles. The maximum Gasteiger partial charge on any atom is 0.222 e. The molecule has 0 saturated heterocycles. The van der Waals surface area contributed by atoms with Crippen molar-refractivity contribution in [2.45, 2.75) is 34.1 Å². The zero-order chi connectivity index (χ0) is 14.0. The van der Waals surface area contributed by atoms with Crippen molar-refractivity contribution in [1.82, 2.24) is 16.0 Å². The number of hydrogen-bond acceptors (Lipinski definition) is 2. The van der Waals surface area contributed by atoms with Crippen LogP contribution in [0.5, 0.6) is 0 Å². The van der Waals surface area contributed by atoms with Crippen LogP contribution in [0.3, 0.4) is 0 Å². The van der Waals surface area contributed by atoms with Gasteiger partial charge in [-0.05, 0) is 12.3 Å². The second-order valence-corrected chi connectivity index (χ2v) is 5.05. The molecule has 0 aliphatic heterocycles. The van der Waals surface area contributed by atoms with Crippen LogP contribution >= 0.6 is 0 Å². The molecule has 0 aliphatic carbocycles. The zero-order valence-corrected chi connectivity index (χ0v) is 12.3. The largest absolute Gasteiger partial charge is 0.356 e. The van der Waals surface area contributed by atoms with Gasteiger partial charge in [-0.25, -0.2) is 0 Å². The van der Waals surface area contributed by atoms with Crippen LogP contribution in [0.4, 0.5) is 0 Å². The fourth-order valence-electron chi connectivity index (χ4n) is 1.27. The quantitative estimate of drug-likeness (QED) is 0.361. The van der Waals surface area contributed by atoms with Crippen LogP contribution < -0.4 is 16.0 Å². The number of hydrogen-bond donors (Lipinski definition) is 3. The molecule has 0 aliphatic rings. The molecular formula is C13H28N4O. The predicted molar refractivity (Wildman–Crippen MR) is 76.7 cm³/mol. The van der Waals surface area contributed by atoms with Crippen molar-refractivity contribution < 1.29 is 4.79 Å². The number of rotatable bonds is 7. The minimum absolute atomic E-state index is 0.0356. The van der Waals surface area contributed by atoms with E-state index in [9.17, 15) is 4.79 Å². The summed E-state index contributed by atoms with van der Waals surface area (Å²) < 4.78 is 0. The lowest BCUT2D eigenvalue weighted by Crippen LogP contribution is -2.42. The first-order chi connectivity index (χ1) is 8.47. The third-order valence-corrected chi connectivity index (χ3v) is 2.48. The maximum absolute atomic E-state index is 11.3. The summed E-state index contributed by atoms with van der Waals surface area (Å²) in [6.45, 7) is 10.4. The van der Waals surface area contributed by atoms with Gasteiger partial charge in [0.25, 0.3) is 0 Å². The van der Waals surface area contributed by atoms with Gasteiger partial charge in [-0.15, -0.1) is 0 Å². The van der Waals surface area contributed by atoms with E-state index in [2.05, 4.69) is 34.8 Å². The highest BCUT2D eigenvalue weighted by atomic mass is 16.1. The Labute approximate surface area is 111 Å². The van der Waals surface area contributed by atoms with E-state index in [4.69, 9.17) is 0 Å². The molecule has 18 heavy (non-hydrogen) atoms. The van der Waals surface area contributed by atoms with Crippen LogP contribution in [0.2, 0.25) is 0 Å². The molecule has 3 N–H and O–H groups in total. The summed E-state index contributed by atoms with van der Waals surface area (Å²) in [7, 11) is 1.75. The third-order valence-electron chi connectivity index (χ3n) is 2.48. The number of amides is 1. The first-order valence-electron chi connectivity index (χ1n) is 6.69. The van der Waals surface area contributed by atoms with Gasteiger partial charge in [-0.1, -0.05) is 27.7 Å². The standard InChI is InChI=1S/C13H28N4O/c1-10(2)6-7-16-13(14-5)17-9-8-15-12(18)11(3)4/h10-11H,6-9H2,1-5H3,(H,15,18)(H2,14,16,17). The average Bonchev–Trinajstić information content (AvgIpc) is 2.31. The van der Waals surface area contributed by atoms with Crippen LogP contribution in [0, 0.1) is 11.8 Å². The molecule has 106 valence electrons. The van der Waals surface area contributed by atoms with E-state index in [1.165, 1.54) is 0 Å². The van der Waals surface area contributed by atoms with E-state index in [1.54, 1.807) is 7.05 Å². The molecule has 0 heterocycles. The number of aliphatic imine (C=N–C) groups is 1. The Kier molecular flexibility index (Phi) is 9.06. The summed E-state index contributed by atoms with van der Waals surface area (Å²) in [5, 5.41) is 9.25. The molecule has 0 radical (unpaired) electrons. The van der Waals surface area contributed by atoms with Crippen LogP contribution in [0.25, 0.3) is 0 Å². The van der Waals surface area contributed by atoms with Crippen molar-refractivity contribution in [3.63, 3.8) is 0 Å². The molecule has 0 fully saturated rings. The summed E-state index contributed by atoms with van der Waals surface area (Å²) in [6.07, 6.45) is 1.12. The molecule has 0 aromatic rings. The van der Waals surface area contributed by atoms with Gasteiger partial charge in [-0.2, -0.15) is 0 Å². The molecular weight excluding hydrogens is 228 g/mol. The Hall–Kier alpha value is -1.26. The van der Waals surface area contributed by atoms with E-state index in [0.29, 0.717) is 19.0 Å². The van der Waals surface area contributed by atoms with Crippen molar-refractivity contribution in [3.8, 4) is 0 Å². The lowest BCUT2D eigenvalue weighted by molar-refractivity contribution is -0.123. The number of nitrogens with one attached hydrogen (secondary N) is 3. The lowest BCUT2D eigenvalue weighted by atomic mass is 10.1.